The zero-order valence-corrected chi connectivity index (χ0v) is 18.2. The third-order valence-electron chi connectivity index (χ3n) is 6.44. The molecular formula is C24H23F3N4O2. The summed E-state index contributed by atoms with van der Waals surface area (Å²) in [4.78, 5) is 28.7. The monoisotopic (exact) mass is 456 g/mol. The lowest BCUT2D eigenvalue weighted by Gasteiger charge is -2.32. The van der Waals surface area contributed by atoms with Crippen LogP contribution in [0.25, 0.3) is 0 Å². The molecule has 33 heavy (non-hydrogen) atoms. The fourth-order valence-corrected chi connectivity index (χ4v) is 4.90. The SMILES string of the molecule is CNC(=O)c1ccc(N2C(=O)N(c3ccc(C#N)c(C(F)(F)F)c3)C3CCCCC32)cc1C. The number of fused-ring (bicyclic) bond motifs is 1. The second-order valence-corrected chi connectivity index (χ2v) is 8.36. The first-order valence-corrected chi connectivity index (χ1v) is 10.7. The summed E-state index contributed by atoms with van der Waals surface area (Å²) in [6, 6.07) is 9.23. The van der Waals surface area contributed by atoms with Crippen LogP contribution >= 0.6 is 0 Å². The topological polar surface area (TPSA) is 76.4 Å². The van der Waals surface area contributed by atoms with Gasteiger partial charge in [0.05, 0.1) is 29.3 Å². The predicted molar refractivity (Wildman–Crippen MR) is 117 cm³/mol. The van der Waals surface area contributed by atoms with Crippen LogP contribution in [-0.2, 0) is 6.18 Å². The van der Waals surface area contributed by atoms with Crippen LogP contribution in [0, 0.1) is 18.3 Å². The number of aryl methyl sites for hydroxylation is 1. The molecule has 9 heteroatoms. The van der Waals surface area contributed by atoms with E-state index < -0.39 is 23.3 Å². The molecule has 2 atom stereocenters. The second kappa shape index (κ2) is 8.43. The highest BCUT2D eigenvalue weighted by molar-refractivity contribution is 6.08. The Morgan fingerprint density at radius 2 is 1.64 bits per heavy atom. The summed E-state index contributed by atoms with van der Waals surface area (Å²) in [6.45, 7) is 1.78. The first-order valence-electron chi connectivity index (χ1n) is 10.7. The van der Waals surface area contributed by atoms with E-state index in [4.69, 9.17) is 5.26 Å². The molecule has 0 aromatic heterocycles. The first kappa shape index (κ1) is 22.6. The molecular weight excluding hydrogens is 433 g/mol. The minimum absolute atomic E-state index is 0.129. The lowest BCUT2D eigenvalue weighted by molar-refractivity contribution is -0.137. The van der Waals surface area contributed by atoms with Crippen molar-refractivity contribution in [3.05, 3.63) is 58.7 Å². The number of amides is 3. The van der Waals surface area contributed by atoms with Gasteiger partial charge in [-0.15, -0.1) is 0 Å². The van der Waals surface area contributed by atoms with Gasteiger partial charge in [0.15, 0.2) is 0 Å². The summed E-state index contributed by atoms with van der Waals surface area (Å²) in [5.74, 6) is -0.235. The molecule has 1 heterocycles. The number of hydrogen-bond donors (Lipinski definition) is 1. The number of alkyl halides is 3. The lowest BCUT2D eigenvalue weighted by Crippen LogP contribution is -2.40. The van der Waals surface area contributed by atoms with Gasteiger partial charge in [0.1, 0.15) is 0 Å². The molecule has 1 aliphatic carbocycles. The van der Waals surface area contributed by atoms with Crippen molar-refractivity contribution in [2.24, 2.45) is 0 Å². The van der Waals surface area contributed by atoms with Crippen molar-refractivity contribution >= 4 is 23.3 Å². The molecule has 2 aliphatic rings. The molecule has 1 aliphatic heterocycles. The summed E-state index contributed by atoms with van der Waals surface area (Å²) in [7, 11) is 1.54. The molecule has 2 aromatic rings. The van der Waals surface area contributed by atoms with Crippen molar-refractivity contribution in [2.45, 2.75) is 50.9 Å². The number of rotatable bonds is 3. The third-order valence-corrected chi connectivity index (χ3v) is 6.44. The fourth-order valence-electron chi connectivity index (χ4n) is 4.90. The van der Waals surface area contributed by atoms with Gasteiger partial charge in [0.2, 0.25) is 0 Å². The summed E-state index contributed by atoms with van der Waals surface area (Å²) in [6.07, 6.45) is -1.53. The van der Waals surface area contributed by atoms with E-state index in [1.54, 1.807) is 36.1 Å². The van der Waals surface area contributed by atoms with Crippen molar-refractivity contribution in [2.75, 3.05) is 16.8 Å². The number of hydrogen-bond acceptors (Lipinski definition) is 3. The highest BCUT2D eigenvalue weighted by Crippen LogP contribution is 2.42. The Bertz CT molecular complexity index is 1160. The van der Waals surface area contributed by atoms with Crippen LogP contribution in [0.5, 0.6) is 0 Å². The molecule has 6 nitrogen and oxygen atoms in total. The molecule has 2 aromatic carbocycles. The van der Waals surface area contributed by atoms with Gasteiger partial charge in [-0.25, -0.2) is 4.79 Å². The Morgan fingerprint density at radius 3 is 2.15 bits per heavy atom. The molecule has 2 unspecified atom stereocenters. The van der Waals surface area contributed by atoms with Crippen LogP contribution in [0.3, 0.4) is 0 Å². The van der Waals surface area contributed by atoms with Gasteiger partial charge in [-0.2, -0.15) is 18.4 Å². The lowest BCUT2D eigenvalue weighted by atomic mass is 9.89. The average Bonchev–Trinajstić information content (AvgIpc) is 3.09. The number of benzene rings is 2. The van der Waals surface area contributed by atoms with Crippen LogP contribution in [0.4, 0.5) is 29.3 Å². The van der Waals surface area contributed by atoms with Crippen LogP contribution < -0.4 is 15.1 Å². The van der Waals surface area contributed by atoms with Crippen molar-refractivity contribution in [1.82, 2.24) is 5.32 Å². The van der Waals surface area contributed by atoms with E-state index in [9.17, 15) is 22.8 Å². The molecule has 0 radical (unpaired) electrons. The van der Waals surface area contributed by atoms with E-state index in [1.807, 2.05) is 0 Å². The highest BCUT2D eigenvalue weighted by Gasteiger charge is 2.48. The number of carbonyl (C=O) groups excluding carboxylic acids is 2. The molecule has 4 rings (SSSR count). The van der Waals surface area contributed by atoms with E-state index in [0.29, 0.717) is 23.2 Å². The van der Waals surface area contributed by atoms with E-state index in [1.165, 1.54) is 18.0 Å². The van der Waals surface area contributed by atoms with Gasteiger partial charge in [-0.05, 0) is 61.7 Å². The standard InChI is InChI=1S/C24H23F3N4O2/c1-14-11-16(9-10-18(14)22(32)29-2)30-20-5-3-4-6-21(20)31(23(30)33)17-8-7-15(13-28)19(12-17)24(25,26)27/h7-12,20-21H,3-6H2,1-2H3,(H,29,32). The van der Waals surface area contributed by atoms with Crippen LogP contribution in [0.15, 0.2) is 36.4 Å². The third kappa shape index (κ3) is 3.90. The Labute approximate surface area is 189 Å². The molecule has 1 saturated heterocycles. The fraction of sp³-hybridized carbons (Fsp3) is 0.375. The van der Waals surface area contributed by atoms with Gasteiger partial charge in [0, 0.05) is 24.0 Å². The van der Waals surface area contributed by atoms with E-state index >= 15 is 0 Å². The van der Waals surface area contributed by atoms with Crippen LogP contribution in [0.2, 0.25) is 0 Å². The van der Waals surface area contributed by atoms with E-state index in [-0.39, 0.29) is 23.7 Å². The Hall–Kier alpha value is -3.54. The van der Waals surface area contributed by atoms with Gasteiger partial charge in [0.25, 0.3) is 5.91 Å². The number of nitrogens with one attached hydrogen (secondary N) is 1. The summed E-state index contributed by atoms with van der Waals surface area (Å²) < 4.78 is 40.7. The minimum Gasteiger partial charge on any atom is -0.355 e. The van der Waals surface area contributed by atoms with Crippen LogP contribution in [0.1, 0.15) is 52.7 Å². The number of urea groups is 1. The molecule has 2 fully saturated rings. The first-order chi connectivity index (χ1) is 15.7. The van der Waals surface area contributed by atoms with E-state index in [0.717, 1.165) is 31.4 Å². The summed E-state index contributed by atoms with van der Waals surface area (Å²) in [5.41, 5.74) is 0.399. The van der Waals surface area contributed by atoms with Crippen molar-refractivity contribution < 1.29 is 22.8 Å². The summed E-state index contributed by atoms with van der Waals surface area (Å²) in [5, 5.41) is 11.7. The van der Waals surface area contributed by atoms with Gasteiger partial charge in [-0.3, -0.25) is 14.6 Å². The van der Waals surface area contributed by atoms with Crippen molar-refractivity contribution in [1.29, 1.82) is 5.26 Å². The molecule has 172 valence electrons. The average molecular weight is 456 g/mol. The van der Waals surface area contributed by atoms with Gasteiger partial charge >= 0.3 is 12.2 Å². The Morgan fingerprint density at radius 1 is 1.06 bits per heavy atom. The number of nitriles is 1. The minimum atomic E-state index is -4.71. The summed E-state index contributed by atoms with van der Waals surface area (Å²) >= 11 is 0. The zero-order valence-electron chi connectivity index (χ0n) is 18.2. The molecule has 3 amide bonds. The molecule has 1 N–H and O–H groups in total. The maximum Gasteiger partial charge on any atom is 0.417 e. The van der Waals surface area contributed by atoms with Crippen molar-refractivity contribution in [3.8, 4) is 6.07 Å². The molecule has 0 spiro atoms. The maximum absolute atomic E-state index is 13.6. The predicted octanol–water partition coefficient (Wildman–Crippen LogP) is 5.00. The smallest absolute Gasteiger partial charge is 0.355 e. The second-order valence-electron chi connectivity index (χ2n) is 8.36. The van der Waals surface area contributed by atoms with Gasteiger partial charge < -0.3 is 5.32 Å². The van der Waals surface area contributed by atoms with Crippen LogP contribution in [-0.4, -0.2) is 31.1 Å². The number of carbonyl (C=O) groups is 2. The number of halogens is 3. The molecule has 0 bridgehead atoms. The normalized spacial score (nSPS) is 20.4. The quantitative estimate of drug-likeness (QED) is 0.706. The molecule has 1 saturated carbocycles. The highest BCUT2D eigenvalue weighted by atomic mass is 19.4. The van der Waals surface area contributed by atoms with Gasteiger partial charge in [-0.1, -0.05) is 12.8 Å². The number of nitrogens with zero attached hydrogens (tertiary/aromatic N) is 3. The largest absolute Gasteiger partial charge is 0.417 e. The Kier molecular flexibility index (Phi) is 5.78. The Balaban J connectivity index is 1.77. The number of anilines is 2. The zero-order chi connectivity index (χ0) is 23.9. The van der Waals surface area contributed by atoms with Crippen molar-refractivity contribution in [3.63, 3.8) is 0 Å². The van der Waals surface area contributed by atoms with E-state index in [2.05, 4.69) is 5.32 Å². The maximum atomic E-state index is 13.6.